The average molecular weight is 255 g/mol. The summed E-state index contributed by atoms with van der Waals surface area (Å²) in [5, 5.41) is 0.589. The third kappa shape index (κ3) is 2.69. The molecule has 1 aliphatic rings. The van der Waals surface area contributed by atoms with Crippen molar-refractivity contribution in [3.8, 4) is 0 Å². The Kier molecular flexibility index (Phi) is 3.84. The second kappa shape index (κ2) is 5.19. The maximum Gasteiger partial charge on any atom is 0.227 e. The SMILES string of the molecule is CCc1nc(N2CCN(C)CC2)nc(Cl)c1C. The lowest BCUT2D eigenvalue weighted by Gasteiger charge is -2.32. The summed E-state index contributed by atoms with van der Waals surface area (Å²) in [5.41, 5.74) is 2.06. The van der Waals surface area contributed by atoms with Crippen molar-refractivity contribution in [2.45, 2.75) is 20.3 Å². The fourth-order valence-corrected chi connectivity index (χ4v) is 2.20. The monoisotopic (exact) mass is 254 g/mol. The van der Waals surface area contributed by atoms with Gasteiger partial charge in [0, 0.05) is 31.7 Å². The molecule has 1 saturated heterocycles. The molecule has 0 unspecified atom stereocenters. The van der Waals surface area contributed by atoms with Gasteiger partial charge in [0.05, 0.1) is 5.69 Å². The topological polar surface area (TPSA) is 32.3 Å². The third-order valence-corrected chi connectivity index (χ3v) is 3.66. The normalized spacial score (nSPS) is 17.5. The van der Waals surface area contributed by atoms with Crippen LogP contribution >= 0.6 is 11.6 Å². The van der Waals surface area contributed by atoms with E-state index in [0.717, 1.165) is 49.8 Å². The van der Waals surface area contributed by atoms with Crippen molar-refractivity contribution >= 4 is 17.5 Å². The maximum absolute atomic E-state index is 6.16. The number of halogens is 1. The molecule has 2 rings (SSSR count). The number of piperazine rings is 1. The first-order valence-corrected chi connectivity index (χ1v) is 6.46. The van der Waals surface area contributed by atoms with E-state index in [1.54, 1.807) is 0 Å². The van der Waals surface area contributed by atoms with Gasteiger partial charge in [-0.1, -0.05) is 18.5 Å². The summed E-state index contributed by atoms with van der Waals surface area (Å²) >= 11 is 6.16. The van der Waals surface area contributed by atoms with Gasteiger partial charge in [0.1, 0.15) is 5.15 Å². The Morgan fingerprint density at radius 1 is 1.18 bits per heavy atom. The Hall–Kier alpha value is -0.870. The van der Waals surface area contributed by atoms with Crippen molar-refractivity contribution in [1.82, 2.24) is 14.9 Å². The Morgan fingerprint density at radius 2 is 1.82 bits per heavy atom. The first-order chi connectivity index (χ1) is 8.11. The van der Waals surface area contributed by atoms with Gasteiger partial charge < -0.3 is 9.80 Å². The van der Waals surface area contributed by atoms with Gasteiger partial charge in [-0.3, -0.25) is 0 Å². The maximum atomic E-state index is 6.16. The lowest BCUT2D eigenvalue weighted by atomic mass is 10.2. The second-order valence-corrected chi connectivity index (χ2v) is 4.89. The molecule has 0 amide bonds. The molecule has 0 spiro atoms. The van der Waals surface area contributed by atoms with Gasteiger partial charge in [0.15, 0.2) is 0 Å². The number of hydrogen-bond acceptors (Lipinski definition) is 4. The van der Waals surface area contributed by atoms with E-state index in [4.69, 9.17) is 11.6 Å². The van der Waals surface area contributed by atoms with Crippen LogP contribution in [0.2, 0.25) is 5.15 Å². The van der Waals surface area contributed by atoms with E-state index >= 15 is 0 Å². The number of likely N-dealkylation sites (N-methyl/N-ethyl adjacent to an activating group) is 1. The van der Waals surface area contributed by atoms with Crippen LogP contribution in [0.15, 0.2) is 0 Å². The standard InChI is InChI=1S/C12H19ClN4/c1-4-10-9(2)11(13)15-12(14-10)17-7-5-16(3)6-8-17/h4-8H2,1-3H3. The molecule has 5 heteroatoms. The van der Waals surface area contributed by atoms with E-state index in [0.29, 0.717) is 5.15 Å². The van der Waals surface area contributed by atoms with Gasteiger partial charge in [-0.15, -0.1) is 0 Å². The molecule has 0 aliphatic carbocycles. The van der Waals surface area contributed by atoms with Crippen molar-refractivity contribution in [2.75, 3.05) is 38.1 Å². The number of rotatable bonds is 2. The van der Waals surface area contributed by atoms with E-state index < -0.39 is 0 Å². The smallest absolute Gasteiger partial charge is 0.227 e. The van der Waals surface area contributed by atoms with Gasteiger partial charge in [-0.05, 0) is 20.4 Å². The third-order valence-electron chi connectivity index (χ3n) is 3.30. The summed E-state index contributed by atoms with van der Waals surface area (Å²) < 4.78 is 0. The summed E-state index contributed by atoms with van der Waals surface area (Å²) in [6.45, 7) is 8.12. The largest absolute Gasteiger partial charge is 0.338 e. The minimum Gasteiger partial charge on any atom is -0.338 e. The predicted octanol–water partition coefficient (Wildman–Crippen LogP) is 1.75. The number of aryl methyl sites for hydroxylation is 1. The van der Waals surface area contributed by atoms with E-state index in [-0.39, 0.29) is 0 Å². The highest BCUT2D eigenvalue weighted by molar-refractivity contribution is 6.30. The van der Waals surface area contributed by atoms with Crippen molar-refractivity contribution < 1.29 is 0 Å². The first kappa shape index (κ1) is 12.6. The Bertz CT molecular complexity index is 400. The Balaban J connectivity index is 2.24. The Morgan fingerprint density at radius 3 is 2.41 bits per heavy atom. The summed E-state index contributed by atoms with van der Waals surface area (Å²) in [6, 6.07) is 0. The molecule has 0 N–H and O–H groups in total. The van der Waals surface area contributed by atoms with Crippen LogP contribution in [0.25, 0.3) is 0 Å². The van der Waals surface area contributed by atoms with Crippen LogP contribution in [0, 0.1) is 6.92 Å². The number of hydrogen-bond donors (Lipinski definition) is 0. The molecule has 0 aromatic carbocycles. The van der Waals surface area contributed by atoms with Crippen molar-refractivity contribution in [3.05, 3.63) is 16.4 Å². The fourth-order valence-electron chi connectivity index (χ4n) is 2.01. The van der Waals surface area contributed by atoms with E-state index in [9.17, 15) is 0 Å². The van der Waals surface area contributed by atoms with Gasteiger partial charge in [0.2, 0.25) is 5.95 Å². The summed E-state index contributed by atoms with van der Waals surface area (Å²) in [6.07, 6.45) is 0.898. The number of aromatic nitrogens is 2. The molecule has 1 aromatic heterocycles. The summed E-state index contributed by atoms with van der Waals surface area (Å²) in [7, 11) is 2.14. The zero-order valence-corrected chi connectivity index (χ0v) is 11.5. The number of nitrogens with zero attached hydrogens (tertiary/aromatic N) is 4. The minimum absolute atomic E-state index is 0.589. The molecule has 94 valence electrons. The molecule has 0 bridgehead atoms. The lowest BCUT2D eigenvalue weighted by molar-refractivity contribution is 0.311. The van der Waals surface area contributed by atoms with E-state index in [1.165, 1.54) is 0 Å². The molecule has 0 saturated carbocycles. The van der Waals surface area contributed by atoms with E-state index in [2.05, 4.69) is 33.7 Å². The van der Waals surface area contributed by atoms with Crippen molar-refractivity contribution in [3.63, 3.8) is 0 Å². The minimum atomic E-state index is 0.589. The predicted molar refractivity (Wildman–Crippen MR) is 70.9 cm³/mol. The van der Waals surface area contributed by atoms with Crippen LogP contribution in [-0.4, -0.2) is 48.1 Å². The summed E-state index contributed by atoms with van der Waals surface area (Å²) in [4.78, 5) is 13.5. The van der Waals surface area contributed by atoms with Crippen LogP contribution < -0.4 is 4.90 Å². The molecule has 0 atom stereocenters. The highest BCUT2D eigenvalue weighted by Gasteiger charge is 2.18. The molecule has 1 aromatic rings. The molecule has 17 heavy (non-hydrogen) atoms. The highest BCUT2D eigenvalue weighted by atomic mass is 35.5. The zero-order valence-electron chi connectivity index (χ0n) is 10.7. The quantitative estimate of drug-likeness (QED) is 0.753. The van der Waals surface area contributed by atoms with Crippen LogP contribution in [0.1, 0.15) is 18.2 Å². The highest BCUT2D eigenvalue weighted by Crippen LogP contribution is 2.20. The molecule has 4 nitrogen and oxygen atoms in total. The zero-order chi connectivity index (χ0) is 12.4. The van der Waals surface area contributed by atoms with Crippen molar-refractivity contribution in [2.24, 2.45) is 0 Å². The molecule has 1 fully saturated rings. The first-order valence-electron chi connectivity index (χ1n) is 6.08. The Labute approximate surface area is 108 Å². The molecular formula is C12H19ClN4. The van der Waals surface area contributed by atoms with E-state index in [1.807, 2.05) is 6.92 Å². The molecule has 1 aliphatic heterocycles. The average Bonchev–Trinajstić information content (AvgIpc) is 2.33. The molecular weight excluding hydrogens is 236 g/mol. The molecule has 0 radical (unpaired) electrons. The van der Waals surface area contributed by atoms with Gasteiger partial charge >= 0.3 is 0 Å². The van der Waals surface area contributed by atoms with Gasteiger partial charge in [0.25, 0.3) is 0 Å². The molecule has 2 heterocycles. The van der Waals surface area contributed by atoms with Gasteiger partial charge in [-0.25, -0.2) is 9.97 Å². The van der Waals surface area contributed by atoms with Crippen LogP contribution in [0.4, 0.5) is 5.95 Å². The van der Waals surface area contributed by atoms with Crippen LogP contribution in [0.5, 0.6) is 0 Å². The lowest BCUT2D eigenvalue weighted by Crippen LogP contribution is -2.45. The summed E-state index contributed by atoms with van der Waals surface area (Å²) in [5.74, 6) is 0.783. The van der Waals surface area contributed by atoms with Crippen LogP contribution in [-0.2, 0) is 6.42 Å². The fraction of sp³-hybridized carbons (Fsp3) is 0.667. The van der Waals surface area contributed by atoms with Gasteiger partial charge in [-0.2, -0.15) is 0 Å². The van der Waals surface area contributed by atoms with Crippen LogP contribution in [0.3, 0.4) is 0 Å². The second-order valence-electron chi connectivity index (χ2n) is 4.53. The van der Waals surface area contributed by atoms with Crippen molar-refractivity contribution in [1.29, 1.82) is 0 Å². The number of anilines is 1.